The molecule has 0 amide bonds. The third-order valence-electron chi connectivity index (χ3n) is 2.55. The molecule has 2 rings (SSSR count). The van der Waals surface area contributed by atoms with Crippen molar-refractivity contribution >= 4 is 17.1 Å². The van der Waals surface area contributed by atoms with Crippen molar-refractivity contribution in [2.75, 3.05) is 6.61 Å². The average Bonchev–Trinajstić information content (AvgIpc) is 2.52. The van der Waals surface area contributed by atoms with Crippen LogP contribution < -0.4 is 4.74 Å². The van der Waals surface area contributed by atoms with Crippen molar-refractivity contribution in [3.63, 3.8) is 0 Å². The average molecular weight is 283 g/mol. The third kappa shape index (κ3) is 4.24. The fourth-order valence-corrected chi connectivity index (χ4v) is 1.52. The van der Waals surface area contributed by atoms with Crippen LogP contribution in [0.3, 0.4) is 0 Å². The number of rotatable bonds is 6. The maximum atomic E-state index is 10.5. The summed E-state index contributed by atoms with van der Waals surface area (Å²) < 4.78 is 5.35. The monoisotopic (exact) mass is 283 g/mol. The second-order valence-corrected chi connectivity index (χ2v) is 4.07. The summed E-state index contributed by atoms with van der Waals surface area (Å²) in [4.78, 5) is 10.1. The number of nitrogens with zero attached hydrogens (tertiary/aromatic N) is 3. The number of hydrogen-bond donors (Lipinski definition) is 0. The molecular formula is C15H13N3O3. The molecule has 0 aliphatic rings. The van der Waals surface area contributed by atoms with Crippen LogP contribution in [0.25, 0.3) is 0 Å². The second kappa shape index (κ2) is 6.95. The van der Waals surface area contributed by atoms with Crippen molar-refractivity contribution in [1.29, 1.82) is 0 Å². The highest BCUT2D eigenvalue weighted by atomic mass is 16.6. The Balaban J connectivity index is 2.03. The zero-order chi connectivity index (χ0) is 15.1. The summed E-state index contributed by atoms with van der Waals surface area (Å²) in [6.45, 7) is 4.02. The molecule has 6 heteroatoms. The van der Waals surface area contributed by atoms with Crippen molar-refractivity contribution in [3.8, 4) is 5.75 Å². The van der Waals surface area contributed by atoms with Crippen LogP contribution >= 0.6 is 0 Å². The van der Waals surface area contributed by atoms with Gasteiger partial charge >= 0.3 is 0 Å². The Bertz CT molecular complexity index is 649. The van der Waals surface area contributed by atoms with Gasteiger partial charge < -0.3 is 4.74 Å². The maximum absolute atomic E-state index is 10.5. The molecule has 106 valence electrons. The van der Waals surface area contributed by atoms with Gasteiger partial charge in [-0.2, -0.15) is 10.2 Å². The fourth-order valence-electron chi connectivity index (χ4n) is 1.52. The van der Waals surface area contributed by atoms with Gasteiger partial charge in [-0.25, -0.2) is 0 Å². The van der Waals surface area contributed by atoms with Crippen LogP contribution in [0.1, 0.15) is 0 Å². The number of azo groups is 1. The number of non-ortho nitro benzene ring substituents is 1. The highest BCUT2D eigenvalue weighted by Gasteiger charge is 2.03. The second-order valence-electron chi connectivity index (χ2n) is 4.07. The van der Waals surface area contributed by atoms with Gasteiger partial charge in [-0.15, -0.1) is 0 Å². The normalized spacial score (nSPS) is 10.5. The first kappa shape index (κ1) is 14.4. The summed E-state index contributed by atoms with van der Waals surface area (Å²) in [5.41, 5.74) is 1.24. The van der Waals surface area contributed by atoms with Crippen LogP contribution in [0.5, 0.6) is 5.75 Å². The molecule has 0 fully saturated rings. The molecule has 0 radical (unpaired) electrons. The van der Waals surface area contributed by atoms with E-state index in [1.807, 2.05) is 0 Å². The SMILES string of the molecule is C=CCOc1ccc(N=Nc2ccc([N+](=O)[O-])cc2)cc1. The molecule has 0 aliphatic carbocycles. The van der Waals surface area contributed by atoms with Gasteiger partial charge in [0.1, 0.15) is 12.4 Å². The first-order valence-electron chi connectivity index (χ1n) is 6.19. The first-order chi connectivity index (χ1) is 10.2. The van der Waals surface area contributed by atoms with E-state index in [-0.39, 0.29) is 5.69 Å². The smallest absolute Gasteiger partial charge is 0.269 e. The molecule has 21 heavy (non-hydrogen) atoms. The van der Waals surface area contributed by atoms with Gasteiger partial charge in [-0.1, -0.05) is 12.7 Å². The molecule has 6 nitrogen and oxygen atoms in total. The lowest BCUT2D eigenvalue weighted by Crippen LogP contribution is -1.91. The Morgan fingerprint density at radius 1 is 1.05 bits per heavy atom. The Labute approximate surface area is 121 Å². The number of benzene rings is 2. The maximum Gasteiger partial charge on any atom is 0.269 e. The van der Waals surface area contributed by atoms with E-state index in [2.05, 4.69) is 16.8 Å². The molecule has 0 heterocycles. The summed E-state index contributed by atoms with van der Waals surface area (Å²) in [5.74, 6) is 0.726. The van der Waals surface area contributed by atoms with Gasteiger partial charge in [0, 0.05) is 12.1 Å². The molecule has 0 saturated carbocycles. The molecule has 0 saturated heterocycles. The fraction of sp³-hybridized carbons (Fsp3) is 0.0667. The molecule has 0 aromatic heterocycles. The number of ether oxygens (including phenoxy) is 1. The lowest BCUT2D eigenvalue weighted by atomic mass is 10.3. The van der Waals surface area contributed by atoms with E-state index in [0.717, 1.165) is 5.75 Å². The van der Waals surface area contributed by atoms with Gasteiger partial charge in [0.25, 0.3) is 5.69 Å². The van der Waals surface area contributed by atoms with Crippen molar-refractivity contribution < 1.29 is 9.66 Å². The van der Waals surface area contributed by atoms with Crippen molar-refractivity contribution in [2.45, 2.75) is 0 Å². The van der Waals surface area contributed by atoms with Crippen LogP contribution in [0.2, 0.25) is 0 Å². The number of hydrogen-bond acceptors (Lipinski definition) is 5. The molecule has 2 aromatic rings. The van der Waals surface area contributed by atoms with Crippen molar-refractivity contribution in [3.05, 3.63) is 71.3 Å². The van der Waals surface area contributed by atoms with Crippen LogP contribution in [0, 0.1) is 10.1 Å². The zero-order valence-corrected chi connectivity index (χ0v) is 11.2. The van der Waals surface area contributed by atoms with E-state index in [1.165, 1.54) is 12.1 Å². The van der Waals surface area contributed by atoms with Gasteiger partial charge in [0.05, 0.1) is 16.3 Å². The molecule has 0 aliphatic heterocycles. The summed E-state index contributed by atoms with van der Waals surface area (Å²) in [6.07, 6.45) is 1.67. The van der Waals surface area contributed by atoms with E-state index in [0.29, 0.717) is 18.0 Å². The molecule has 0 unspecified atom stereocenters. The third-order valence-corrected chi connectivity index (χ3v) is 2.55. The summed E-state index contributed by atoms with van der Waals surface area (Å²) in [6, 6.07) is 13.0. The van der Waals surface area contributed by atoms with Crippen LogP contribution in [-0.4, -0.2) is 11.5 Å². The Morgan fingerprint density at radius 3 is 2.05 bits per heavy atom. The molecule has 2 aromatic carbocycles. The zero-order valence-electron chi connectivity index (χ0n) is 11.2. The molecule has 0 bridgehead atoms. The van der Waals surface area contributed by atoms with E-state index in [4.69, 9.17) is 4.74 Å². The number of nitro benzene ring substituents is 1. The Hall–Kier alpha value is -3.02. The minimum atomic E-state index is -0.455. The van der Waals surface area contributed by atoms with Gasteiger partial charge in [-0.3, -0.25) is 10.1 Å². The Kier molecular flexibility index (Phi) is 4.76. The number of nitro groups is 1. The standard InChI is InChI=1S/C15H13N3O3/c1-2-11-21-15-9-5-13(6-10-15)17-16-12-3-7-14(8-4-12)18(19)20/h2-10H,1,11H2. The van der Waals surface area contributed by atoms with Crippen LogP contribution in [0.4, 0.5) is 17.1 Å². The van der Waals surface area contributed by atoms with E-state index in [9.17, 15) is 10.1 Å². The Morgan fingerprint density at radius 2 is 1.57 bits per heavy atom. The predicted octanol–water partition coefficient (Wildman–Crippen LogP) is 4.58. The van der Waals surface area contributed by atoms with Crippen molar-refractivity contribution in [2.24, 2.45) is 10.2 Å². The van der Waals surface area contributed by atoms with Crippen LogP contribution in [-0.2, 0) is 0 Å². The topological polar surface area (TPSA) is 77.1 Å². The molecular weight excluding hydrogens is 270 g/mol. The minimum Gasteiger partial charge on any atom is -0.490 e. The minimum absolute atomic E-state index is 0.0256. The molecule has 0 spiro atoms. The predicted molar refractivity (Wildman–Crippen MR) is 79.4 cm³/mol. The lowest BCUT2D eigenvalue weighted by molar-refractivity contribution is -0.384. The molecule has 0 atom stereocenters. The largest absolute Gasteiger partial charge is 0.490 e. The van der Waals surface area contributed by atoms with Gasteiger partial charge in [0.15, 0.2) is 0 Å². The van der Waals surface area contributed by atoms with E-state index < -0.39 is 4.92 Å². The highest BCUT2D eigenvalue weighted by molar-refractivity contribution is 5.45. The quantitative estimate of drug-likeness (QED) is 0.337. The lowest BCUT2D eigenvalue weighted by Gasteiger charge is -2.02. The highest BCUT2D eigenvalue weighted by Crippen LogP contribution is 2.22. The summed E-state index contributed by atoms with van der Waals surface area (Å²) in [5, 5.41) is 18.6. The van der Waals surface area contributed by atoms with Gasteiger partial charge in [-0.05, 0) is 36.4 Å². The first-order valence-corrected chi connectivity index (χ1v) is 6.19. The van der Waals surface area contributed by atoms with Crippen molar-refractivity contribution in [1.82, 2.24) is 0 Å². The van der Waals surface area contributed by atoms with E-state index in [1.54, 1.807) is 42.5 Å². The van der Waals surface area contributed by atoms with Gasteiger partial charge in [0.2, 0.25) is 0 Å². The van der Waals surface area contributed by atoms with Crippen LogP contribution in [0.15, 0.2) is 71.4 Å². The summed E-state index contributed by atoms with van der Waals surface area (Å²) in [7, 11) is 0. The summed E-state index contributed by atoms with van der Waals surface area (Å²) >= 11 is 0. The van der Waals surface area contributed by atoms with E-state index >= 15 is 0 Å². The molecule has 0 N–H and O–H groups in total.